The van der Waals surface area contributed by atoms with Crippen LogP contribution in [0.2, 0.25) is 5.02 Å². The molecule has 0 aromatic heterocycles. The van der Waals surface area contributed by atoms with E-state index < -0.39 is 10.0 Å². The number of nitrogen functional groups attached to an aromatic ring is 1. The van der Waals surface area contributed by atoms with Crippen molar-refractivity contribution in [1.29, 1.82) is 0 Å². The first-order valence-electron chi connectivity index (χ1n) is 8.26. The number of nitrogens with zero attached hydrogens (tertiary/aromatic N) is 1. The van der Waals surface area contributed by atoms with Gasteiger partial charge in [-0.2, -0.15) is 4.31 Å². The van der Waals surface area contributed by atoms with Crippen LogP contribution >= 0.6 is 11.6 Å². The number of hydrogen-bond acceptors (Lipinski definition) is 4. The number of aryl methyl sites for hydroxylation is 1. The summed E-state index contributed by atoms with van der Waals surface area (Å²) in [6, 6.07) is 9.51. The maximum Gasteiger partial charge on any atom is 0.256 e. The van der Waals surface area contributed by atoms with E-state index in [1.807, 2.05) is 0 Å². The molecule has 0 saturated carbocycles. The molecule has 1 heterocycles. The van der Waals surface area contributed by atoms with Crippen molar-refractivity contribution in [3.05, 3.63) is 52.5 Å². The van der Waals surface area contributed by atoms with Gasteiger partial charge in [0.05, 0.1) is 5.02 Å². The van der Waals surface area contributed by atoms with Crippen LogP contribution < -0.4 is 11.1 Å². The SMILES string of the molecule is Cc1ccc(N)cc1C(=O)Nc1ccc(Cl)c(S(=O)(=O)N2CCCC2)c1. The Morgan fingerprint density at radius 1 is 1.15 bits per heavy atom. The zero-order chi connectivity index (χ0) is 18.9. The molecule has 26 heavy (non-hydrogen) atoms. The van der Waals surface area contributed by atoms with Crippen LogP contribution in [-0.2, 0) is 10.0 Å². The first-order chi connectivity index (χ1) is 12.3. The summed E-state index contributed by atoms with van der Waals surface area (Å²) in [7, 11) is -3.68. The molecule has 0 bridgehead atoms. The highest BCUT2D eigenvalue weighted by Crippen LogP contribution is 2.30. The number of sulfonamides is 1. The Morgan fingerprint density at radius 2 is 1.85 bits per heavy atom. The van der Waals surface area contributed by atoms with Crippen LogP contribution in [0.15, 0.2) is 41.3 Å². The molecule has 1 saturated heterocycles. The van der Waals surface area contributed by atoms with E-state index in [0.717, 1.165) is 18.4 Å². The van der Waals surface area contributed by atoms with Gasteiger partial charge in [0.25, 0.3) is 5.91 Å². The maximum absolute atomic E-state index is 12.8. The summed E-state index contributed by atoms with van der Waals surface area (Å²) in [6.45, 7) is 2.77. The van der Waals surface area contributed by atoms with Crippen LogP contribution in [0.5, 0.6) is 0 Å². The highest BCUT2D eigenvalue weighted by atomic mass is 35.5. The van der Waals surface area contributed by atoms with Crippen LogP contribution in [0.25, 0.3) is 0 Å². The normalized spacial score (nSPS) is 15.2. The van der Waals surface area contributed by atoms with Crippen LogP contribution in [0.3, 0.4) is 0 Å². The second kappa shape index (κ2) is 7.26. The fraction of sp³-hybridized carbons (Fsp3) is 0.278. The first kappa shape index (κ1) is 18.7. The van der Waals surface area contributed by atoms with E-state index in [1.54, 1.807) is 31.2 Å². The Labute approximate surface area is 158 Å². The van der Waals surface area contributed by atoms with Crippen molar-refractivity contribution in [2.75, 3.05) is 24.1 Å². The van der Waals surface area contributed by atoms with Crippen molar-refractivity contribution in [2.45, 2.75) is 24.7 Å². The number of carbonyl (C=O) groups excluding carboxylic acids is 1. The molecule has 1 aliphatic rings. The fourth-order valence-corrected chi connectivity index (χ4v) is 4.95. The number of benzene rings is 2. The molecule has 3 N–H and O–H groups in total. The van der Waals surface area contributed by atoms with E-state index in [2.05, 4.69) is 5.32 Å². The fourth-order valence-electron chi connectivity index (χ4n) is 2.93. The van der Waals surface area contributed by atoms with E-state index in [9.17, 15) is 13.2 Å². The van der Waals surface area contributed by atoms with Crippen molar-refractivity contribution in [1.82, 2.24) is 4.31 Å². The molecular weight excluding hydrogens is 374 g/mol. The van der Waals surface area contributed by atoms with Gasteiger partial charge < -0.3 is 11.1 Å². The van der Waals surface area contributed by atoms with E-state index in [4.69, 9.17) is 17.3 Å². The lowest BCUT2D eigenvalue weighted by Crippen LogP contribution is -2.28. The Kier molecular flexibility index (Phi) is 5.22. The minimum atomic E-state index is -3.68. The lowest BCUT2D eigenvalue weighted by molar-refractivity contribution is 0.102. The van der Waals surface area contributed by atoms with Gasteiger partial charge in [0.2, 0.25) is 10.0 Å². The van der Waals surface area contributed by atoms with Gasteiger partial charge >= 0.3 is 0 Å². The van der Waals surface area contributed by atoms with E-state index in [1.165, 1.54) is 16.4 Å². The molecule has 2 aromatic rings. The molecule has 0 aliphatic carbocycles. The summed E-state index contributed by atoms with van der Waals surface area (Å²) in [5, 5.41) is 2.85. The van der Waals surface area contributed by atoms with Crippen LogP contribution in [0.4, 0.5) is 11.4 Å². The van der Waals surface area contributed by atoms with E-state index >= 15 is 0 Å². The highest BCUT2D eigenvalue weighted by molar-refractivity contribution is 7.89. The minimum Gasteiger partial charge on any atom is -0.399 e. The molecule has 0 atom stereocenters. The van der Waals surface area contributed by atoms with Crippen molar-refractivity contribution < 1.29 is 13.2 Å². The van der Waals surface area contributed by atoms with Gasteiger partial charge in [0.15, 0.2) is 0 Å². The van der Waals surface area contributed by atoms with Crippen molar-refractivity contribution in [3.8, 4) is 0 Å². The lowest BCUT2D eigenvalue weighted by Gasteiger charge is -2.17. The number of carbonyl (C=O) groups is 1. The molecule has 138 valence electrons. The predicted octanol–water partition coefficient (Wildman–Crippen LogP) is 3.27. The predicted molar refractivity (Wildman–Crippen MR) is 103 cm³/mol. The monoisotopic (exact) mass is 393 g/mol. The van der Waals surface area contributed by atoms with Crippen LogP contribution in [0, 0.1) is 6.92 Å². The summed E-state index contributed by atoms with van der Waals surface area (Å²) in [4.78, 5) is 12.5. The van der Waals surface area contributed by atoms with Gasteiger partial charge in [-0.15, -0.1) is 0 Å². The number of anilines is 2. The van der Waals surface area contributed by atoms with Crippen molar-refractivity contribution >= 4 is 38.9 Å². The molecule has 0 radical (unpaired) electrons. The van der Waals surface area contributed by atoms with Gasteiger partial charge in [-0.25, -0.2) is 8.42 Å². The quantitative estimate of drug-likeness (QED) is 0.779. The third-order valence-corrected chi connectivity index (χ3v) is 6.76. The summed E-state index contributed by atoms with van der Waals surface area (Å²) < 4.78 is 27.0. The Balaban J connectivity index is 1.90. The number of rotatable bonds is 4. The number of halogens is 1. The van der Waals surface area contributed by atoms with Gasteiger partial charge in [-0.05, 0) is 55.7 Å². The van der Waals surface area contributed by atoms with Crippen LogP contribution in [-0.4, -0.2) is 31.7 Å². The van der Waals surface area contributed by atoms with Gasteiger partial charge in [0, 0.05) is 30.0 Å². The highest BCUT2D eigenvalue weighted by Gasteiger charge is 2.29. The molecule has 6 nitrogen and oxygen atoms in total. The molecule has 0 spiro atoms. The smallest absolute Gasteiger partial charge is 0.256 e. The van der Waals surface area contributed by atoms with Gasteiger partial charge in [-0.3, -0.25) is 4.79 Å². The lowest BCUT2D eigenvalue weighted by atomic mass is 10.1. The third kappa shape index (κ3) is 3.70. The molecule has 0 unspecified atom stereocenters. The number of nitrogens with two attached hydrogens (primary N) is 1. The number of amides is 1. The zero-order valence-corrected chi connectivity index (χ0v) is 15.9. The van der Waals surface area contributed by atoms with Crippen LogP contribution in [0.1, 0.15) is 28.8 Å². The van der Waals surface area contributed by atoms with Gasteiger partial charge in [0.1, 0.15) is 4.90 Å². The maximum atomic E-state index is 12.8. The Bertz CT molecular complexity index is 954. The minimum absolute atomic E-state index is 0.00293. The topological polar surface area (TPSA) is 92.5 Å². The molecule has 1 aliphatic heterocycles. The second-order valence-corrected chi connectivity index (χ2v) is 8.60. The average molecular weight is 394 g/mol. The van der Waals surface area contributed by atoms with E-state index in [-0.39, 0.29) is 15.8 Å². The van der Waals surface area contributed by atoms with Crippen molar-refractivity contribution in [2.24, 2.45) is 0 Å². The summed E-state index contributed by atoms with van der Waals surface area (Å²) in [6.07, 6.45) is 1.67. The van der Waals surface area contributed by atoms with Crippen molar-refractivity contribution in [3.63, 3.8) is 0 Å². The Hall–Kier alpha value is -2.09. The molecule has 8 heteroatoms. The molecule has 3 rings (SSSR count). The Morgan fingerprint density at radius 3 is 2.54 bits per heavy atom. The van der Waals surface area contributed by atoms with E-state index in [0.29, 0.717) is 30.0 Å². The summed E-state index contributed by atoms with van der Waals surface area (Å²) in [5.74, 6) is -0.360. The largest absolute Gasteiger partial charge is 0.399 e. The molecule has 1 amide bonds. The third-order valence-electron chi connectivity index (χ3n) is 4.38. The van der Waals surface area contributed by atoms with Gasteiger partial charge in [-0.1, -0.05) is 17.7 Å². The first-order valence-corrected chi connectivity index (χ1v) is 10.1. The molecule has 1 fully saturated rings. The molecule has 2 aromatic carbocycles. The zero-order valence-electron chi connectivity index (χ0n) is 14.3. The second-order valence-electron chi connectivity index (χ2n) is 6.28. The summed E-state index contributed by atoms with van der Waals surface area (Å²) in [5.41, 5.74) is 7.80. The number of nitrogens with one attached hydrogen (secondary N) is 1. The average Bonchev–Trinajstić information content (AvgIpc) is 3.14. The standard InChI is InChI=1S/C18H20ClN3O3S/c1-12-4-5-13(20)10-15(12)18(23)21-14-6-7-16(19)17(11-14)26(24,25)22-8-2-3-9-22/h4-7,10-11H,2-3,8-9,20H2,1H3,(H,21,23). The number of hydrogen-bond donors (Lipinski definition) is 2. The summed E-state index contributed by atoms with van der Waals surface area (Å²) >= 11 is 6.12. The molecular formula is C18H20ClN3O3S.